The SMILES string of the molecule is COC(=O)c1ccc(COC(=O)c2ccc(Cl)c(S(=O)(=O)N3CCCCCC3)c2)cc1. The lowest BCUT2D eigenvalue weighted by Crippen LogP contribution is -2.32. The maximum Gasteiger partial charge on any atom is 0.338 e. The van der Waals surface area contributed by atoms with Crippen LogP contribution in [0.3, 0.4) is 0 Å². The first-order valence-electron chi connectivity index (χ1n) is 9.97. The lowest BCUT2D eigenvalue weighted by molar-refractivity contribution is 0.0471. The Kier molecular flexibility index (Phi) is 7.69. The van der Waals surface area contributed by atoms with Gasteiger partial charge in [0.05, 0.1) is 23.3 Å². The Labute approximate surface area is 187 Å². The van der Waals surface area contributed by atoms with Crippen molar-refractivity contribution in [2.75, 3.05) is 20.2 Å². The van der Waals surface area contributed by atoms with E-state index in [4.69, 9.17) is 16.3 Å². The Morgan fingerprint density at radius 2 is 1.55 bits per heavy atom. The summed E-state index contributed by atoms with van der Waals surface area (Å²) in [5.41, 5.74) is 1.16. The largest absolute Gasteiger partial charge is 0.465 e. The van der Waals surface area contributed by atoms with Gasteiger partial charge in [-0.05, 0) is 48.7 Å². The van der Waals surface area contributed by atoms with Gasteiger partial charge < -0.3 is 9.47 Å². The Morgan fingerprint density at radius 1 is 0.935 bits per heavy atom. The Balaban J connectivity index is 1.73. The number of methoxy groups -OCH3 is 1. The predicted molar refractivity (Wildman–Crippen MR) is 116 cm³/mol. The topological polar surface area (TPSA) is 90.0 Å². The van der Waals surface area contributed by atoms with Crippen LogP contribution in [0.1, 0.15) is 52.0 Å². The van der Waals surface area contributed by atoms with E-state index in [9.17, 15) is 18.0 Å². The van der Waals surface area contributed by atoms with Crippen LogP contribution < -0.4 is 0 Å². The number of esters is 2. The van der Waals surface area contributed by atoms with Crippen LogP contribution in [0.2, 0.25) is 5.02 Å². The molecule has 2 aromatic carbocycles. The number of halogens is 1. The highest BCUT2D eigenvalue weighted by molar-refractivity contribution is 7.89. The summed E-state index contributed by atoms with van der Waals surface area (Å²) in [6, 6.07) is 10.5. The second kappa shape index (κ2) is 10.3. The van der Waals surface area contributed by atoms with E-state index in [-0.39, 0.29) is 22.1 Å². The Bertz CT molecular complexity index is 1040. The van der Waals surface area contributed by atoms with Crippen LogP contribution in [-0.2, 0) is 26.1 Å². The van der Waals surface area contributed by atoms with Crippen LogP contribution in [0.4, 0.5) is 0 Å². The number of hydrogen-bond donors (Lipinski definition) is 0. The zero-order valence-corrected chi connectivity index (χ0v) is 18.7. The quantitative estimate of drug-likeness (QED) is 0.598. The second-order valence-electron chi connectivity index (χ2n) is 7.23. The molecule has 1 heterocycles. The molecule has 3 rings (SSSR count). The van der Waals surface area contributed by atoms with E-state index in [1.54, 1.807) is 24.3 Å². The minimum Gasteiger partial charge on any atom is -0.465 e. The van der Waals surface area contributed by atoms with Crippen molar-refractivity contribution < 1.29 is 27.5 Å². The highest BCUT2D eigenvalue weighted by Crippen LogP contribution is 2.28. The van der Waals surface area contributed by atoms with Crippen LogP contribution in [0.15, 0.2) is 47.4 Å². The molecule has 9 heteroatoms. The van der Waals surface area contributed by atoms with Gasteiger partial charge in [-0.25, -0.2) is 18.0 Å². The van der Waals surface area contributed by atoms with Crippen molar-refractivity contribution in [3.05, 3.63) is 64.2 Å². The van der Waals surface area contributed by atoms with Crippen molar-refractivity contribution in [1.29, 1.82) is 0 Å². The summed E-state index contributed by atoms with van der Waals surface area (Å²) in [7, 11) is -2.51. The smallest absolute Gasteiger partial charge is 0.338 e. The summed E-state index contributed by atoms with van der Waals surface area (Å²) in [5, 5.41) is 0.0687. The summed E-state index contributed by atoms with van der Waals surface area (Å²) >= 11 is 6.17. The summed E-state index contributed by atoms with van der Waals surface area (Å²) in [6.45, 7) is 0.848. The molecule has 0 spiro atoms. The molecule has 0 atom stereocenters. The third-order valence-corrected chi connectivity index (χ3v) is 7.47. The monoisotopic (exact) mass is 465 g/mol. The summed E-state index contributed by atoms with van der Waals surface area (Å²) in [6.07, 6.45) is 3.58. The van der Waals surface area contributed by atoms with Gasteiger partial charge in [0, 0.05) is 13.1 Å². The maximum atomic E-state index is 13.1. The van der Waals surface area contributed by atoms with Gasteiger partial charge in [0.1, 0.15) is 11.5 Å². The molecule has 0 unspecified atom stereocenters. The van der Waals surface area contributed by atoms with E-state index in [1.165, 1.54) is 29.6 Å². The minimum atomic E-state index is -3.80. The molecule has 31 heavy (non-hydrogen) atoms. The van der Waals surface area contributed by atoms with Crippen molar-refractivity contribution in [3.8, 4) is 0 Å². The standard InChI is InChI=1S/C22H24ClNO6S/c1-29-21(25)17-8-6-16(7-9-17)15-30-22(26)18-10-11-19(23)20(14-18)31(27,28)24-12-4-2-3-5-13-24/h6-11,14H,2-5,12-13,15H2,1H3. The number of hydrogen-bond acceptors (Lipinski definition) is 6. The van der Waals surface area contributed by atoms with Crippen molar-refractivity contribution >= 4 is 33.6 Å². The van der Waals surface area contributed by atoms with Gasteiger partial charge in [-0.15, -0.1) is 0 Å². The zero-order valence-electron chi connectivity index (χ0n) is 17.2. The van der Waals surface area contributed by atoms with Gasteiger partial charge in [0.2, 0.25) is 10.0 Å². The molecule has 0 aromatic heterocycles. The second-order valence-corrected chi connectivity index (χ2v) is 9.54. The first-order valence-corrected chi connectivity index (χ1v) is 11.8. The molecule has 0 amide bonds. The molecular weight excluding hydrogens is 442 g/mol. The van der Waals surface area contributed by atoms with Crippen molar-refractivity contribution in [1.82, 2.24) is 4.31 Å². The first kappa shape index (κ1) is 23.2. The lowest BCUT2D eigenvalue weighted by atomic mass is 10.1. The molecule has 2 aromatic rings. The molecule has 0 radical (unpaired) electrons. The van der Waals surface area contributed by atoms with Crippen LogP contribution in [0, 0.1) is 0 Å². The van der Waals surface area contributed by atoms with Crippen molar-refractivity contribution in [2.24, 2.45) is 0 Å². The van der Waals surface area contributed by atoms with Gasteiger partial charge in [-0.2, -0.15) is 4.31 Å². The molecule has 0 N–H and O–H groups in total. The molecule has 1 saturated heterocycles. The third kappa shape index (κ3) is 5.64. The number of ether oxygens (including phenoxy) is 2. The van der Waals surface area contributed by atoms with Crippen LogP contribution >= 0.6 is 11.6 Å². The van der Waals surface area contributed by atoms with Gasteiger partial charge in [0.25, 0.3) is 0 Å². The first-order chi connectivity index (χ1) is 14.8. The minimum absolute atomic E-state index is 0.0306. The molecule has 166 valence electrons. The number of sulfonamides is 1. The van der Waals surface area contributed by atoms with E-state index >= 15 is 0 Å². The van der Waals surface area contributed by atoms with E-state index in [2.05, 4.69) is 4.74 Å². The average molecular weight is 466 g/mol. The molecule has 0 aliphatic carbocycles. The fraction of sp³-hybridized carbons (Fsp3) is 0.364. The fourth-order valence-corrected chi connectivity index (χ4v) is 5.35. The van der Waals surface area contributed by atoms with E-state index in [0.717, 1.165) is 25.7 Å². The molecule has 1 fully saturated rings. The van der Waals surface area contributed by atoms with Gasteiger partial charge in [0.15, 0.2) is 0 Å². The number of carbonyl (C=O) groups excluding carboxylic acids is 2. The van der Waals surface area contributed by atoms with Gasteiger partial charge >= 0.3 is 11.9 Å². The highest BCUT2D eigenvalue weighted by atomic mass is 35.5. The number of rotatable bonds is 6. The van der Waals surface area contributed by atoms with E-state index in [1.807, 2.05) is 0 Å². The number of nitrogens with zero attached hydrogens (tertiary/aromatic N) is 1. The molecular formula is C22H24ClNO6S. The van der Waals surface area contributed by atoms with E-state index in [0.29, 0.717) is 24.2 Å². The van der Waals surface area contributed by atoms with Gasteiger partial charge in [-0.1, -0.05) is 36.6 Å². The van der Waals surface area contributed by atoms with Crippen LogP contribution in [0.25, 0.3) is 0 Å². The van der Waals surface area contributed by atoms with Crippen LogP contribution in [-0.4, -0.2) is 44.9 Å². The molecule has 0 bridgehead atoms. The predicted octanol–water partition coefficient (Wildman–Crippen LogP) is 4.05. The summed E-state index contributed by atoms with van der Waals surface area (Å²) < 4.78 is 37.5. The normalized spacial score (nSPS) is 15.2. The average Bonchev–Trinajstić information content (AvgIpc) is 3.07. The fourth-order valence-electron chi connectivity index (χ4n) is 3.34. The number of benzene rings is 2. The highest BCUT2D eigenvalue weighted by Gasteiger charge is 2.28. The Hall–Kier alpha value is -2.42. The molecule has 0 saturated carbocycles. The Morgan fingerprint density at radius 3 is 2.16 bits per heavy atom. The summed E-state index contributed by atoms with van der Waals surface area (Å²) in [5.74, 6) is -1.12. The zero-order chi connectivity index (χ0) is 22.4. The lowest BCUT2D eigenvalue weighted by Gasteiger charge is -2.21. The van der Waals surface area contributed by atoms with E-state index < -0.39 is 22.0 Å². The molecule has 7 nitrogen and oxygen atoms in total. The third-order valence-electron chi connectivity index (χ3n) is 5.09. The van der Waals surface area contributed by atoms with Crippen molar-refractivity contribution in [3.63, 3.8) is 0 Å². The maximum absolute atomic E-state index is 13.1. The molecule has 1 aliphatic rings. The number of carbonyl (C=O) groups is 2. The molecule has 1 aliphatic heterocycles. The van der Waals surface area contributed by atoms with Crippen LogP contribution in [0.5, 0.6) is 0 Å². The van der Waals surface area contributed by atoms with Crippen molar-refractivity contribution in [2.45, 2.75) is 37.2 Å². The summed E-state index contributed by atoms with van der Waals surface area (Å²) in [4.78, 5) is 23.9. The van der Waals surface area contributed by atoms with Gasteiger partial charge in [-0.3, -0.25) is 0 Å².